The molecule has 0 amide bonds. The molecule has 0 atom stereocenters. The van der Waals surface area contributed by atoms with Crippen LogP contribution in [-0.4, -0.2) is 24.5 Å². The Labute approximate surface area is 396 Å². The van der Waals surface area contributed by atoms with E-state index in [9.17, 15) is 0 Å². The zero-order valence-corrected chi connectivity index (χ0v) is 39.6. The summed E-state index contributed by atoms with van der Waals surface area (Å²) in [5, 5.41) is 0. The van der Waals surface area contributed by atoms with Gasteiger partial charge in [0.1, 0.15) is 0 Å². The molecule has 0 spiro atoms. The first-order chi connectivity index (χ1) is 31.7. The number of aromatic nitrogens is 5. The molecule has 0 aliphatic carbocycles. The lowest BCUT2D eigenvalue weighted by Crippen LogP contribution is -1.98. The highest BCUT2D eigenvalue weighted by Gasteiger charge is 2.20. The SMILES string of the molecule is Cc1cc(-c2ccc(-c3cccc(Br)c3)nc2)c(-c2cc(-c3ccccc3-c3cnc(-n4cccc4)nc3)cc(-c3cc(C)c(C)cc3-c3ccc(-c4ccccn4)cc3Br)c2)cc1C. The van der Waals surface area contributed by atoms with Crippen molar-refractivity contribution >= 4 is 31.9 Å². The van der Waals surface area contributed by atoms with Gasteiger partial charge in [0.2, 0.25) is 5.95 Å². The minimum atomic E-state index is 0.628. The van der Waals surface area contributed by atoms with Gasteiger partial charge in [-0.1, -0.05) is 117 Å². The summed E-state index contributed by atoms with van der Waals surface area (Å²) in [4.78, 5) is 19.2. The molecule has 0 aliphatic rings. The van der Waals surface area contributed by atoms with E-state index in [4.69, 9.17) is 15.0 Å². The Morgan fingerprint density at radius 2 is 0.892 bits per heavy atom. The zero-order valence-electron chi connectivity index (χ0n) is 36.4. The molecule has 10 aromatic rings. The molecule has 0 N–H and O–H groups in total. The van der Waals surface area contributed by atoms with Gasteiger partial charge in [-0.05, 0) is 172 Å². The van der Waals surface area contributed by atoms with Crippen LogP contribution in [0.3, 0.4) is 0 Å². The fourth-order valence-electron chi connectivity index (χ4n) is 8.51. The highest BCUT2D eigenvalue weighted by atomic mass is 79.9. The average molecular weight is 970 g/mol. The molecule has 7 heteroatoms. The molecular weight excluding hydrogens is 926 g/mol. The number of hydrogen-bond donors (Lipinski definition) is 0. The van der Waals surface area contributed by atoms with Gasteiger partial charge in [-0.15, -0.1) is 0 Å². The van der Waals surface area contributed by atoms with E-state index in [1.165, 1.54) is 22.3 Å². The van der Waals surface area contributed by atoms with Crippen molar-refractivity contribution in [2.24, 2.45) is 0 Å². The van der Waals surface area contributed by atoms with Crippen molar-refractivity contribution in [1.29, 1.82) is 0 Å². The molecule has 5 nitrogen and oxygen atoms in total. The summed E-state index contributed by atoms with van der Waals surface area (Å²) in [7, 11) is 0. The van der Waals surface area contributed by atoms with Crippen molar-refractivity contribution in [2.45, 2.75) is 27.7 Å². The Hall–Kier alpha value is -7.06. The Balaban J connectivity index is 1.18. The smallest absolute Gasteiger partial charge is 0.233 e. The first-order valence-corrected chi connectivity index (χ1v) is 23.1. The van der Waals surface area contributed by atoms with E-state index in [-0.39, 0.29) is 0 Å². The third kappa shape index (κ3) is 8.53. The van der Waals surface area contributed by atoms with E-state index >= 15 is 0 Å². The number of benzene rings is 6. The van der Waals surface area contributed by atoms with Crippen molar-refractivity contribution in [1.82, 2.24) is 24.5 Å². The molecule has 0 bridgehead atoms. The van der Waals surface area contributed by atoms with Gasteiger partial charge in [0.05, 0.1) is 11.4 Å². The topological polar surface area (TPSA) is 56.5 Å². The van der Waals surface area contributed by atoms with Gasteiger partial charge < -0.3 is 0 Å². The molecule has 0 saturated carbocycles. The maximum atomic E-state index is 5.01. The van der Waals surface area contributed by atoms with E-state index in [1.807, 2.05) is 84.2 Å². The normalized spacial score (nSPS) is 11.2. The predicted octanol–water partition coefficient (Wildman–Crippen LogP) is 16.2. The van der Waals surface area contributed by atoms with E-state index in [0.29, 0.717) is 5.95 Å². The maximum absolute atomic E-state index is 5.01. The Bertz CT molecular complexity index is 3360. The third-order valence-corrected chi connectivity index (χ3v) is 13.4. The molecule has 0 fully saturated rings. The summed E-state index contributed by atoms with van der Waals surface area (Å²) in [5.74, 6) is 0.628. The van der Waals surface area contributed by atoms with Crippen LogP contribution in [0, 0.1) is 27.7 Å². The molecule has 65 heavy (non-hydrogen) atoms. The lowest BCUT2D eigenvalue weighted by Gasteiger charge is -2.20. The quantitative estimate of drug-likeness (QED) is 0.145. The van der Waals surface area contributed by atoms with Crippen molar-refractivity contribution in [2.75, 3.05) is 0 Å². The van der Waals surface area contributed by atoms with Gasteiger partial charge >= 0.3 is 0 Å². The molecule has 10 rings (SSSR count). The fraction of sp³-hybridized carbons (Fsp3) is 0.0690. The molecule has 4 aromatic heterocycles. The summed E-state index contributed by atoms with van der Waals surface area (Å²) in [6.45, 7) is 8.78. The average Bonchev–Trinajstić information content (AvgIpc) is 3.89. The predicted molar refractivity (Wildman–Crippen MR) is 275 cm³/mol. The zero-order chi connectivity index (χ0) is 44.6. The highest BCUT2D eigenvalue weighted by Crippen LogP contribution is 2.45. The lowest BCUT2D eigenvalue weighted by molar-refractivity contribution is 0.937. The summed E-state index contributed by atoms with van der Waals surface area (Å²) in [6, 6.07) is 54.1. The summed E-state index contributed by atoms with van der Waals surface area (Å²) < 4.78 is 3.95. The Kier molecular flexibility index (Phi) is 11.5. The van der Waals surface area contributed by atoms with Crippen LogP contribution in [-0.2, 0) is 0 Å². The van der Waals surface area contributed by atoms with Gasteiger partial charge in [0, 0.05) is 68.4 Å². The molecule has 0 unspecified atom stereocenters. The van der Waals surface area contributed by atoms with E-state index in [2.05, 4.69) is 174 Å². The second-order valence-corrected chi connectivity index (χ2v) is 18.3. The van der Waals surface area contributed by atoms with E-state index in [0.717, 1.165) is 98.2 Å². The maximum Gasteiger partial charge on any atom is 0.233 e. The number of pyridine rings is 2. The number of hydrogen-bond acceptors (Lipinski definition) is 4. The highest BCUT2D eigenvalue weighted by molar-refractivity contribution is 9.10. The molecule has 314 valence electrons. The standard InChI is InChI=1S/C58H43Br2N5/c1-36-24-51(42-18-20-57(62-33-42)40-12-11-13-47(59)31-40)52(25-37(36)2)44-28-43(48-14-5-6-15-49(48)46-34-63-58(64-35-46)65-22-9-10-23-65)29-45(30-44)53-26-38(3)39(4)27-54(53)50-19-17-41(32-55(50)60)56-16-7-8-21-61-56/h5-35H,1-4H3. The van der Waals surface area contributed by atoms with Gasteiger partial charge in [0.25, 0.3) is 0 Å². The molecule has 0 saturated heterocycles. The Morgan fingerprint density at radius 1 is 0.354 bits per heavy atom. The van der Waals surface area contributed by atoms with Gasteiger partial charge in [-0.2, -0.15) is 0 Å². The van der Waals surface area contributed by atoms with Gasteiger partial charge in [-0.3, -0.25) is 14.5 Å². The second kappa shape index (κ2) is 17.8. The lowest BCUT2D eigenvalue weighted by atomic mass is 9.84. The number of halogens is 2. The molecule has 0 aliphatic heterocycles. The molecule has 4 heterocycles. The van der Waals surface area contributed by atoms with Crippen LogP contribution < -0.4 is 0 Å². The molecule has 6 aromatic carbocycles. The summed E-state index contributed by atoms with van der Waals surface area (Å²) in [5.41, 5.74) is 22.0. The first kappa shape index (κ1) is 41.9. The minimum Gasteiger partial charge on any atom is -0.293 e. The van der Waals surface area contributed by atoms with Crippen LogP contribution in [0.4, 0.5) is 0 Å². The van der Waals surface area contributed by atoms with Crippen LogP contribution in [0.25, 0.3) is 95.2 Å². The van der Waals surface area contributed by atoms with Crippen LogP contribution in [0.1, 0.15) is 22.3 Å². The van der Waals surface area contributed by atoms with Crippen LogP contribution in [0.2, 0.25) is 0 Å². The summed E-state index contributed by atoms with van der Waals surface area (Å²) >= 11 is 7.64. The summed E-state index contributed by atoms with van der Waals surface area (Å²) in [6.07, 6.45) is 11.6. The molecule has 0 radical (unpaired) electrons. The van der Waals surface area contributed by atoms with Crippen LogP contribution >= 0.6 is 31.9 Å². The number of rotatable bonds is 9. The van der Waals surface area contributed by atoms with Crippen molar-refractivity contribution in [3.05, 3.63) is 220 Å². The number of nitrogens with zero attached hydrogens (tertiary/aromatic N) is 5. The fourth-order valence-corrected chi connectivity index (χ4v) is 9.50. The van der Waals surface area contributed by atoms with E-state index < -0.39 is 0 Å². The molecular formula is C58H43Br2N5. The van der Waals surface area contributed by atoms with Crippen molar-refractivity contribution < 1.29 is 0 Å². The Morgan fingerprint density at radius 3 is 1.49 bits per heavy atom. The number of aryl methyl sites for hydroxylation is 4. The van der Waals surface area contributed by atoms with Gasteiger partial charge in [-0.25, -0.2) is 9.97 Å². The first-order valence-electron chi connectivity index (χ1n) is 21.5. The largest absolute Gasteiger partial charge is 0.293 e. The van der Waals surface area contributed by atoms with Crippen molar-refractivity contribution in [3.8, 4) is 95.2 Å². The van der Waals surface area contributed by atoms with Crippen molar-refractivity contribution in [3.63, 3.8) is 0 Å². The third-order valence-electron chi connectivity index (χ3n) is 12.3. The minimum absolute atomic E-state index is 0.628. The monoisotopic (exact) mass is 967 g/mol. The van der Waals surface area contributed by atoms with E-state index in [1.54, 1.807) is 0 Å². The van der Waals surface area contributed by atoms with Crippen LogP contribution in [0.15, 0.2) is 198 Å². The van der Waals surface area contributed by atoms with Gasteiger partial charge in [0.15, 0.2) is 0 Å². The van der Waals surface area contributed by atoms with Crippen LogP contribution in [0.5, 0.6) is 0 Å². The second-order valence-electron chi connectivity index (χ2n) is 16.5.